The van der Waals surface area contributed by atoms with Crippen LogP contribution in [0.3, 0.4) is 0 Å². The number of ketones is 2. The van der Waals surface area contributed by atoms with Crippen LogP contribution in [0, 0.1) is 0 Å². The summed E-state index contributed by atoms with van der Waals surface area (Å²) in [7, 11) is -2.44. The lowest BCUT2D eigenvalue weighted by Crippen LogP contribution is -2.22. The summed E-state index contributed by atoms with van der Waals surface area (Å²) in [6, 6.07) is 22.5. The number of aromatic amines is 1. The van der Waals surface area contributed by atoms with Gasteiger partial charge in [0.1, 0.15) is 37.3 Å². The molecule has 18 nitrogen and oxygen atoms in total. The van der Waals surface area contributed by atoms with Crippen LogP contribution in [0.1, 0.15) is 88.6 Å². The van der Waals surface area contributed by atoms with E-state index in [0.717, 1.165) is 129 Å². The molecule has 2 saturated heterocycles. The third-order valence-electron chi connectivity index (χ3n) is 14.4. The van der Waals surface area contributed by atoms with E-state index in [-0.39, 0.29) is 43.6 Å². The van der Waals surface area contributed by atoms with Crippen molar-refractivity contribution in [1.82, 2.24) is 59.1 Å². The second-order valence-electron chi connectivity index (χ2n) is 23.4. The number of halogens is 1. The van der Waals surface area contributed by atoms with Gasteiger partial charge in [0.15, 0.2) is 11.6 Å². The summed E-state index contributed by atoms with van der Waals surface area (Å²) in [5, 5.41) is 31.5. The number of hydrogen-bond donors (Lipinski definition) is 1. The van der Waals surface area contributed by atoms with Crippen molar-refractivity contribution in [2.24, 2.45) is 0 Å². The first-order valence-corrected chi connectivity index (χ1v) is 36.1. The summed E-state index contributed by atoms with van der Waals surface area (Å²) in [6.45, 7) is 18.1. The minimum absolute atomic E-state index is 0.00586. The number of nitrogens with zero attached hydrogens (tertiary/aromatic N) is 11. The Hall–Kier alpha value is -6.47. The molecule has 0 radical (unpaired) electrons. The molecule has 11 rings (SSSR count). The summed E-state index contributed by atoms with van der Waals surface area (Å²) in [5.41, 5.74) is 9.50. The molecule has 80 heavy (non-hydrogen) atoms. The van der Waals surface area contributed by atoms with Crippen LogP contribution < -0.4 is 0 Å². The van der Waals surface area contributed by atoms with Gasteiger partial charge in [-0.2, -0.15) is 30.6 Å². The monoisotopic (exact) mass is 1180 g/mol. The van der Waals surface area contributed by atoms with E-state index >= 15 is 0 Å². The molecule has 0 aliphatic carbocycles. The Kier molecular flexibility index (Phi) is 18.1. The molecule has 8 heterocycles. The number of fused-ring (bicyclic) bond motifs is 2. The zero-order chi connectivity index (χ0) is 55.8. The highest BCUT2D eigenvalue weighted by Crippen LogP contribution is 2.32. The number of rotatable bonds is 22. The Morgan fingerprint density at radius 3 is 1.66 bits per heavy atom. The van der Waals surface area contributed by atoms with Crippen LogP contribution in [0.2, 0.25) is 51.4 Å². The number of ether oxygens (including phenoxy) is 4. The molecule has 420 valence electrons. The van der Waals surface area contributed by atoms with E-state index in [1.54, 1.807) is 23.3 Å². The average Bonchev–Trinajstić information content (AvgIpc) is 4.34. The predicted octanol–water partition coefficient (Wildman–Crippen LogP) is 12.4. The molecular formula is C59H73BrN12O6Si2. The molecule has 1 N–H and O–H groups in total. The summed E-state index contributed by atoms with van der Waals surface area (Å²) in [6.07, 6.45) is 21.8. The van der Waals surface area contributed by atoms with E-state index in [1.807, 2.05) is 86.1 Å². The highest BCUT2D eigenvalue weighted by Gasteiger charge is 2.24. The molecule has 9 aromatic rings. The fraction of sp³-hybridized carbons (Fsp3) is 0.424. The molecule has 2 unspecified atom stereocenters. The zero-order valence-electron chi connectivity index (χ0n) is 46.8. The molecule has 21 heteroatoms. The second-order valence-corrected chi connectivity index (χ2v) is 35.6. The highest BCUT2D eigenvalue weighted by molar-refractivity contribution is 9.10. The molecule has 0 saturated carbocycles. The van der Waals surface area contributed by atoms with Crippen LogP contribution in [-0.2, 0) is 51.8 Å². The smallest absolute Gasteiger partial charge is 0.188 e. The molecule has 2 atom stereocenters. The van der Waals surface area contributed by atoms with Gasteiger partial charge in [-0.15, -0.1) is 0 Å². The van der Waals surface area contributed by atoms with Gasteiger partial charge in [-0.25, -0.2) is 18.7 Å². The maximum Gasteiger partial charge on any atom is 0.188 e. The van der Waals surface area contributed by atoms with Gasteiger partial charge in [0.25, 0.3) is 0 Å². The first-order valence-electron chi connectivity index (χ1n) is 27.9. The highest BCUT2D eigenvalue weighted by atomic mass is 79.9. The van der Waals surface area contributed by atoms with Crippen molar-refractivity contribution < 1.29 is 28.5 Å². The molecule has 0 spiro atoms. The number of carbonyl (C=O) groups excluding carboxylic acids is 2. The van der Waals surface area contributed by atoms with Crippen LogP contribution in [0.25, 0.3) is 44.1 Å². The Morgan fingerprint density at radius 2 is 1.18 bits per heavy atom. The zero-order valence-corrected chi connectivity index (χ0v) is 50.4. The number of hydrogen-bond acceptors (Lipinski definition) is 12. The molecule has 0 bridgehead atoms. The van der Waals surface area contributed by atoms with Crippen molar-refractivity contribution in [3.63, 3.8) is 0 Å². The molecule has 6 aromatic heterocycles. The van der Waals surface area contributed by atoms with Gasteiger partial charge >= 0.3 is 0 Å². The summed E-state index contributed by atoms with van der Waals surface area (Å²) in [5.74, 6) is -0.0925. The van der Waals surface area contributed by atoms with E-state index in [4.69, 9.17) is 29.1 Å². The predicted molar refractivity (Wildman–Crippen MR) is 318 cm³/mol. The quantitative estimate of drug-likeness (QED) is 0.0385. The topological polar surface area (TPSA) is 189 Å². The lowest BCUT2D eigenvalue weighted by molar-refractivity contribution is -0.0395. The van der Waals surface area contributed by atoms with Gasteiger partial charge in [0.05, 0.1) is 42.4 Å². The molecular weight excluding hydrogens is 1110 g/mol. The SMILES string of the molecule is C[Si](C)(C)CCOCn1nc(C(=O)Cc2cn[nH]c2)c2ccc(-c3cnn(C4CCCCO4)c3)cc21.C[Si](C)(C)CCOCn1nc(C(=O)Cc2cnn(Cc3cccc(Br)c3)c2)c2ccc(-c3cnn(C4CCCCO4)c3)cc21. The van der Waals surface area contributed by atoms with E-state index in [2.05, 4.69) is 105 Å². The lowest BCUT2D eigenvalue weighted by atomic mass is 10.0. The van der Waals surface area contributed by atoms with Crippen LogP contribution in [-0.4, -0.2) is 113 Å². The van der Waals surface area contributed by atoms with Crippen molar-refractivity contribution in [1.29, 1.82) is 0 Å². The van der Waals surface area contributed by atoms with Gasteiger partial charge in [0.2, 0.25) is 0 Å². The second kappa shape index (κ2) is 25.5. The third-order valence-corrected chi connectivity index (χ3v) is 18.3. The summed E-state index contributed by atoms with van der Waals surface area (Å²) < 4.78 is 34.2. The van der Waals surface area contributed by atoms with Crippen molar-refractivity contribution in [2.45, 2.75) is 135 Å². The van der Waals surface area contributed by atoms with Crippen LogP contribution in [0.5, 0.6) is 0 Å². The summed E-state index contributed by atoms with van der Waals surface area (Å²) in [4.78, 5) is 26.8. The number of H-pyrrole nitrogens is 1. The maximum atomic E-state index is 13.7. The van der Waals surface area contributed by atoms with Crippen LogP contribution in [0.4, 0.5) is 0 Å². The Morgan fingerprint density at radius 1 is 0.625 bits per heavy atom. The van der Waals surface area contributed by atoms with Crippen molar-refractivity contribution in [3.8, 4) is 22.3 Å². The number of Topliss-reactive ketones (excluding diaryl/α,β-unsaturated/α-hetero) is 2. The maximum absolute atomic E-state index is 13.7. The lowest BCUT2D eigenvalue weighted by Gasteiger charge is -2.22. The Balaban J connectivity index is 0.000000184. The minimum atomic E-state index is -1.23. The van der Waals surface area contributed by atoms with Crippen LogP contribution in [0.15, 0.2) is 115 Å². The van der Waals surface area contributed by atoms with Gasteiger partial charge in [-0.1, -0.05) is 79.5 Å². The Labute approximate surface area is 477 Å². The van der Waals surface area contributed by atoms with E-state index in [9.17, 15) is 9.59 Å². The minimum Gasteiger partial charge on any atom is -0.360 e. The number of aromatic nitrogens is 12. The molecule has 2 fully saturated rings. The number of nitrogens with one attached hydrogen (secondary N) is 1. The normalized spacial score (nSPS) is 16.1. The fourth-order valence-electron chi connectivity index (χ4n) is 9.85. The van der Waals surface area contributed by atoms with Gasteiger partial charge in [-0.3, -0.25) is 19.4 Å². The summed E-state index contributed by atoms with van der Waals surface area (Å²) >= 11 is 3.52. The Bertz CT molecular complexity index is 3520. The van der Waals surface area contributed by atoms with E-state index < -0.39 is 16.1 Å². The third kappa shape index (κ3) is 14.7. The first-order chi connectivity index (χ1) is 38.6. The van der Waals surface area contributed by atoms with Crippen LogP contribution >= 0.6 is 15.9 Å². The largest absolute Gasteiger partial charge is 0.360 e. The average molecular weight is 1180 g/mol. The number of carbonyl (C=O) groups is 2. The molecule has 0 amide bonds. The first kappa shape index (κ1) is 56.8. The van der Waals surface area contributed by atoms with Gasteiger partial charge in [-0.05, 0) is 115 Å². The fourth-order valence-corrected chi connectivity index (χ4v) is 11.8. The standard InChI is InChI=1S/C33H39BrN6O3Si.C26H34N6O3Si/c1-44(2,3)14-13-42-23-40-30-17-26(27-19-36-39(22-27)32-9-4-5-12-43-32)10-11-29(30)33(37-40)31(41)16-25-18-35-38(21-25)20-24-7-6-8-28(34)15-24;1-36(2,3)11-10-34-18-32-23-13-20(21-16-29-31(17-21)25-6-4-5-9-35-25)7-8-22(23)26(30-32)24(33)12-19-14-27-28-15-19/h6-8,10-11,15,17-19,21-22,32H,4-5,9,12-14,16,20,23H2,1-3H3;7-8,13-17,25H,4-6,9-12,18H2,1-3H3,(H,27,28). The van der Waals surface area contributed by atoms with Crippen molar-refractivity contribution in [3.05, 3.63) is 143 Å². The van der Waals surface area contributed by atoms with Crippen molar-refractivity contribution >= 4 is 65.5 Å². The molecule has 2 aliphatic rings. The molecule has 2 aliphatic heterocycles. The molecule has 3 aromatic carbocycles. The van der Waals surface area contributed by atoms with E-state index in [0.29, 0.717) is 37.9 Å². The van der Waals surface area contributed by atoms with Gasteiger partial charge in [0, 0.05) is 107 Å². The van der Waals surface area contributed by atoms with Crippen molar-refractivity contribution in [2.75, 3.05) is 26.4 Å². The number of benzene rings is 3. The van der Waals surface area contributed by atoms with E-state index in [1.165, 1.54) is 0 Å². The van der Waals surface area contributed by atoms with Gasteiger partial charge < -0.3 is 18.9 Å².